The molecule has 144 valence electrons. The molecule has 1 fully saturated rings. The predicted octanol–water partition coefficient (Wildman–Crippen LogP) is 3.61. The van der Waals surface area contributed by atoms with Gasteiger partial charge in [-0.25, -0.2) is 4.79 Å². The topological polar surface area (TPSA) is 81.4 Å². The molecule has 1 atom stereocenters. The number of amides is 1. The maximum atomic E-state index is 12.4. The van der Waals surface area contributed by atoms with Crippen molar-refractivity contribution in [3.05, 3.63) is 29.8 Å². The van der Waals surface area contributed by atoms with Gasteiger partial charge < -0.3 is 15.8 Å². The molecule has 1 aromatic rings. The molecule has 0 aliphatic heterocycles. The van der Waals surface area contributed by atoms with Crippen molar-refractivity contribution in [3.8, 4) is 0 Å². The average Bonchev–Trinajstić information content (AvgIpc) is 3.08. The van der Waals surface area contributed by atoms with E-state index >= 15 is 0 Å². The first-order chi connectivity index (χ1) is 12.4. The van der Waals surface area contributed by atoms with Gasteiger partial charge in [0.1, 0.15) is 12.1 Å². The van der Waals surface area contributed by atoms with Crippen LogP contribution in [0.15, 0.2) is 24.3 Å². The minimum Gasteiger partial charge on any atom is -0.461 e. The highest BCUT2D eigenvalue weighted by atomic mass is 16.5. The lowest BCUT2D eigenvalue weighted by Gasteiger charge is -2.21. The normalized spacial score (nSPS) is 15.8. The van der Waals surface area contributed by atoms with Crippen LogP contribution in [0.25, 0.3) is 0 Å². The van der Waals surface area contributed by atoms with Gasteiger partial charge in [0.05, 0.1) is 0 Å². The van der Waals surface area contributed by atoms with Crippen LogP contribution in [0, 0.1) is 5.92 Å². The van der Waals surface area contributed by atoms with Crippen molar-refractivity contribution in [1.82, 2.24) is 5.32 Å². The zero-order valence-corrected chi connectivity index (χ0v) is 16.0. The molecule has 5 heteroatoms. The third-order valence-corrected chi connectivity index (χ3v) is 4.76. The second-order valence-electron chi connectivity index (χ2n) is 7.69. The van der Waals surface area contributed by atoms with Gasteiger partial charge in [-0.15, -0.1) is 0 Å². The molecule has 0 saturated heterocycles. The number of benzene rings is 1. The largest absolute Gasteiger partial charge is 0.461 e. The minimum atomic E-state index is -0.542. The fraction of sp³-hybridized carbons (Fsp3) is 0.619. The van der Waals surface area contributed by atoms with Crippen molar-refractivity contribution in [1.29, 1.82) is 0 Å². The summed E-state index contributed by atoms with van der Waals surface area (Å²) in [6.45, 7) is 4.09. The van der Waals surface area contributed by atoms with Crippen molar-refractivity contribution >= 4 is 17.6 Å². The Labute approximate surface area is 156 Å². The second kappa shape index (κ2) is 10.2. The molecule has 0 radical (unpaired) electrons. The standard InChI is InChI=1S/C21H32N2O3/c1-15(2)14-19(21(25)26-18-7-3-4-8-18)23-20(24)9-5-6-16-10-12-17(22)13-11-16/h10-13,15,18-19H,3-9,14,22H2,1-2H3,(H,23,24)/t19-/m0/s1. The van der Waals surface area contributed by atoms with Crippen LogP contribution in [-0.4, -0.2) is 24.0 Å². The molecule has 0 heterocycles. The molecule has 5 nitrogen and oxygen atoms in total. The molecule has 0 spiro atoms. The summed E-state index contributed by atoms with van der Waals surface area (Å²) < 4.78 is 5.59. The number of anilines is 1. The van der Waals surface area contributed by atoms with Gasteiger partial charge >= 0.3 is 5.97 Å². The molecule has 1 amide bonds. The SMILES string of the molecule is CC(C)C[C@H](NC(=O)CCCc1ccc(N)cc1)C(=O)OC1CCCC1. The Kier molecular flexibility index (Phi) is 7.95. The molecule has 1 aliphatic rings. The first-order valence-corrected chi connectivity index (χ1v) is 9.78. The Balaban J connectivity index is 1.78. The molecule has 1 aliphatic carbocycles. The molecule has 26 heavy (non-hydrogen) atoms. The summed E-state index contributed by atoms with van der Waals surface area (Å²) >= 11 is 0. The minimum absolute atomic E-state index is 0.0274. The monoisotopic (exact) mass is 360 g/mol. The van der Waals surface area contributed by atoms with E-state index in [9.17, 15) is 9.59 Å². The number of carbonyl (C=O) groups is 2. The highest BCUT2D eigenvalue weighted by molar-refractivity contribution is 5.84. The Morgan fingerprint density at radius 2 is 1.85 bits per heavy atom. The van der Waals surface area contributed by atoms with Crippen LogP contribution in [0.5, 0.6) is 0 Å². The number of hydrogen-bond acceptors (Lipinski definition) is 4. The second-order valence-corrected chi connectivity index (χ2v) is 7.69. The summed E-state index contributed by atoms with van der Waals surface area (Å²) in [5.74, 6) is -0.0573. The number of nitrogen functional groups attached to an aromatic ring is 1. The molecule has 1 saturated carbocycles. The van der Waals surface area contributed by atoms with E-state index in [0.29, 0.717) is 18.8 Å². The van der Waals surface area contributed by atoms with Gasteiger partial charge in [0.2, 0.25) is 5.91 Å². The molecule has 3 N–H and O–H groups in total. The first kappa shape index (κ1) is 20.3. The molecule has 0 unspecified atom stereocenters. The van der Waals surface area contributed by atoms with Crippen LogP contribution >= 0.6 is 0 Å². The number of esters is 1. The van der Waals surface area contributed by atoms with Gasteiger partial charge in [-0.2, -0.15) is 0 Å². The predicted molar refractivity (Wildman–Crippen MR) is 104 cm³/mol. The molecule has 0 aromatic heterocycles. The van der Waals surface area contributed by atoms with E-state index in [2.05, 4.69) is 5.32 Å². The highest BCUT2D eigenvalue weighted by Gasteiger charge is 2.27. The van der Waals surface area contributed by atoms with E-state index in [0.717, 1.165) is 49.8 Å². The smallest absolute Gasteiger partial charge is 0.328 e. The number of hydrogen-bond donors (Lipinski definition) is 2. The van der Waals surface area contributed by atoms with E-state index in [-0.39, 0.29) is 18.0 Å². The zero-order chi connectivity index (χ0) is 18.9. The summed E-state index contributed by atoms with van der Waals surface area (Å²) in [5, 5.41) is 2.88. The summed E-state index contributed by atoms with van der Waals surface area (Å²) in [6.07, 6.45) is 6.70. The molecular formula is C21H32N2O3. The summed E-state index contributed by atoms with van der Waals surface area (Å²) in [5.41, 5.74) is 7.58. The summed E-state index contributed by atoms with van der Waals surface area (Å²) in [7, 11) is 0. The number of carbonyl (C=O) groups excluding carboxylic acids is 2. The Bertz CT molecular complexity index is 577. The number of rotatable bonds is 9. The summed E-state index contributed by atoms with van der Waals surface area (Å²) in [6, 6.07) is 7.15. The van der Waals surface area contributed by atoms with Crippen molar-refractivity contribution in [3.63, 3.8) is 0 Å². The van der Waals surface area contributed by atoms with E-state index in [4.69, 9.17) is 10.5 Å². The number of nitrogens with two attached hydrogens (primary N) is 1. The Hall–Kier alpha value is -2.04. The quantitative estimate of drug-likeness (QED) is 0.521. The molecule has 0 bridgehead atoms. The Morgan fingerprint density at radius 3 is 2.46 bits per heavy atom. The van der Waals surface area contributed by atoms with E-state index in [1.165, 1.54) is 0 Å². The van der Waals surface area contributed by atoms with Gasteiger partial charge in [0, 0.05) is 12.1 Å². The number of nitrogens with one attached hydrogen (secondary N) is 1. The maximum absolute atomic E-state index is 12.4. The molecule has 1 aromatic carbocycles. The number of aryl methyl sites for hydroxylation is 1. The zero-order valence-electron chi connectivity index (χ0n) is 16.0. The van der Waals surface area contributed by atoms with Crippen molar-refractivity contribution < 1.29 is 14.3 Å². The lowest BCUT2D eigenvalue weighted by atomic mass is 10.0. The van der Waals surface area contributed by atoms with Crippen LogP contribution in [0.4, 0.5) is 5.69 Å². The van der Waals surface area contributed by atoms with Gasteiger partial charge in [-0.1, -0.05) is 26.0 Å². The van der Waals surface area contributed by atoms with Crippen LogP contribution < -0.4 is 11.1 Å². The van der Waals surface area contributed by atoms with Crippen molar-refractivity contribution in [2.45, 2.75) is 77.4 Å². The third-order valence-electron chi connectivity index (χ3n) is 4.76. The van der Waals surface area contributed by atoms with Crippen LogP contribution in [0.3, 0.4) is 0 Å². The van der Waals surface area contributed by atoms with Gasteiger partial charge in [0.25, 0.3) is 0 Å². The molecular weight excluding hydrogens is 328 g/mol. The van der Waals surface area contributed by atoms with Gasteiger partial charge in [-0.3, -0.25) is 4.79 Å². The average molecular weight is 360 g/mol. The maximum Gasteiger partial charge on any atom is 0.328 e. The van der Waals surface area contributed by atoms with E-state index < -0.39 is 6.04 Å². The molecule has 2 rings (SSSR count). The fourth-order valence-corrected chi connectivity index (χ4v) is 3.34. The lowest BCUT2D eigenvalue weighted by molar-refractivity contribution is -0.153. The van der Waals surface area contributed by atoms with E-state index in [1.54, 1.807) is 0 Å². The summed E-state index contributed by atoms with van der Waals surface area (Å²) in [4.78, 5) is 24.7. The number of ether oxygens (including phenoxy) is 1. The van der Waals surface area contributed by atoms with Gasteiger partial charge in [-0.05, 0) is 68.6 Å². The fourth-order valence-electron chi connectivity index (χ4n) is 3.34. The third kappa shape index (κ3) is 7.06. The van der Waals surface area contributed by atoms with Crippen LogP contribution in [0.1, 0.15) is 64.4 Å². The van der Waals surface area contributed by atoms with Crippen molar-refractivity contribution in [2.75, 3.05) is 5.73 Å². The highest BCUT2D eigenvalue weighted by Crippen LogP contribution is 2.22. The lowest BCUT2D eigenvalue weighted by Crippen LogP contribution is -2.43. The Morgan fingerprint density at radius 1 is 1.19 bits per heavy atom. The van der Waals surface area contributed by atoms with Gasteiger partial charge in [0.15, 0.2) is 0 Å². The van der Waals surface area contributed by atoms with Crippen LogP contribution in [0.2, 0.25) is 0 Å². The van der Waals surface area contributed by atoms with Crippen LogP contribution in [-0.2, 0) is 20.7 Å². The van der Waals surface area contributed by atoms with E-state index in [1.807, 2.05) is 38.1 Å². The van der Waals surface area contributed by atoms with Crippen molar-refractivity contribution in [2.24, 2.45) is 5.92 Å². The first-order valence-electron chi connectivity index (χ1n) is 9.78.